The summed E-state index contributed by atoms with van der Waals surface area (Å²) >= 11 is 0. The minimum Gasteiger partial charge on any atom is -0.456 e. The van der Waals surface area contributed by atoms with E-state index in [-0.39, 0.29) is 28.9 Å². The third-order valence-electron chi connectivity index (χ3n) is 7.37. The quantitative estimate of drug-likeness (QED) is 0.194. The van der Waals surface area contributed by atoms with Gasteiger partial charge in [0.2, 0.25) is 5.69 Å². The number of furan rings is 1. The number of aromatic nitrogens is 1. The molecular formula is C32H29N2O+. The van der Waals surface area contributed by atoms with Crippen LogP contribution >= 0.6 is 0 Å². The highest BCUT2D eigenvalue weighted by Gasteiger charge is 2.27. The Morgan fingerprint density at radius 1 is 0.943 bits per heavy atom. The summed E-state index contributed by atoms with van der Waals surface area (Å²) in [5, 5.41) is 1.50. The molecule has 0 aliphatic heterocycles. The first-order valence-electron chi connectivity index (χ1n) is 14.9. The molecule has 1 saturated carbocycles. The Morgan fingerprint density at radius 2 is 1.63 bits per heavy atom. The van der Waals surface area contributed by atoms with Gasteiger partial charge in [-0.05, 0) is 42.9 Å². The first-order chi connectivity index (χ1) is 19.5. The number of aryl methyl sites for hydroxylation is 1. The summed E-state index contributed by atoms with van der Waals surface area (Å²) in [5.74, 6) is -0.574. The van der Waals surface area contributed by atoms with Gasteiger partial charge in [-0.25, -0.2) is 4.85 Å². The van der Waals surface area contributed by atoms with Gasteiger partial charge in [0, 0.05) is 36.3 Å². The summed E-state index contributed by atoms with van der Waals surface area (Å²) in [7, 11) is 2.00. The molecule has 2 aromatic heterocycles. The number of rotatable bonds is 3. The van der Waals surface area contributed by atoms with Gasteiger partial charge in [0.05, 0.1) is 19.0 Å². The molecule has 0 saturated heterocycles. The summed E-state index contributed by atoms with van der Waals surface area (Å²) < 4.78 is 59.4. The Kier molecular flexibility index (Phi) is 3.81. The summed E-state index contributed by atoms with van der Waals surface area (Å²) in [6, 6.07) is 9.36. The van der Waals surface area contributed by atoms with Crippen molar-refractivity contribution in [3.8, 4) is 22.4 Å². The maximum Gasteiger partial charge on any atom is 0.216 e. The van der Waals surface area contributed by atoms with E-state index in [4.69, 9.17) is 19.2 Å². The number of fused-ring (bicyclic) bond motifs is 3. The number of benzene rings is 3. The first kappa shape index (κ1) is 15.9. The Bertz CT molecular complexity index is 1940. The van der Waals surface area contributed by atoms with Crippen LogP contribution in [-0.2, 0) is 7.05 Å². The fraction of sp³-hybridized carbons (Fsp3) is 0.250. The van der Waals surface area contributed by atoms with E-state index in [0.717, 1.165) is 59.1 Å². The van der Waals surface area contributed by atoms with Gasteiger partial charge in [-0.1, -0.05) is 67.3 Å². The Hall–Kier alpha value is -3.90. The van der Waals surface area contributed by atoms with Crippen molar-refractivity contribution in [3.05, 3.63) is 94.8 Å². The van der Waals surface area contributed by atoms with Gasteiger partial charge in [-0.2, -0.15) is 4.57 Å². The highest BCUT2D eigenvalue weighted by Crippen LogP contribution is 2.44. The Morgan fingerprint density at radius 3 is 2.34 bits per heavy atom. The predicted octanol–water partition coefficient (Wildman–Crippen LogP) is 8.57. The molecule has 0 spiro atoms. The van der Waals surface area contributed by atoms with E-state index in [0.29, 0.717) is 16.6 Å². The van der Waals surface area contributed by atoms with E-state index in [9.17, 15) is 0 Å². The second-order valence-electron chi connectivity index (χ2n) is 9.27. The molecule has 0 bridgehead atoms. The number of hydrogen-bond acceptors (Lipinski definition) is 1. The SMILES string of the molecule is [2H]c1c([2H])c([2H])c(-c2c([N+]#[C-])ccc3c2oc2c(-c4ccc(C5([2H])CCCC5)c(C)[n+]4C)c(C)ccc23)c([2H])c1[2H]. The second kappa shape index (κ2) is 8.40. The van der Waals surface area contributed by atoms with Gasteiger partial charge < -0.3 is 4.42 Å². The van der Waals surface area contributed by atoms with E-state index in [2.05, 4.69) is 22.4 Å². The average molecular weight is 464 g/mol. The lowest BCUT2D eigenvalue weighted by atomic mass is 9.94. The summed E-state index contributed by atoms with van der Waals surface area (Å²) in [4.78, 5) is 3.64. The van der Waals surface area contributed by atoms with E-state index >= 15 is 0 Å². The zero-order valence-corrected chi connectivity index (χ0v) is 20.1. The summed E-state index contributed by atoms with van der Waals surface area (Å²) in [6.45, 7) is 11.9. The Balaban J connectivity index is 1.68. The molecule has 0 atom stereocenters. The third kappa shape index (κ3) is 3.36. The van der Waals surface area contributed by atoms with Crippen LogP contribution in [0.5, 0.6) is 0 Å². The molecular weight excluding hydrogens is 428 g/mol. The van der Waals surface area contributed by atoms with Crippen molar-refractivity contribution in [2.75, 3.05) is 0 Å². The van der Waals surface area contributed by atoms with E-state index in [1.54, 1.807) is 12.1 Å². The van der Waals surface area contributed by atoms with Crippen LogP contribution < -0.4 is 4.57 Å². The van der Waals surface area contributed by atoms with Crippen molar-refractivity contribution in [1.82, 2.24) is 0 Å². The molecule has 35 heavy (non-hydrogen) atoms. The molecule has 3 heteroatoms. The average Bonchev–Trinajstić information content (AvgIpc) is 3.57. The summed E-state index contributed by atoms with van der Waals surface area (Å²) in [5.41, 5.74) is 6.05. The van der Waals surface area contributed by atoms with Gasteiger partial charge in [0.15, 0.2) is 11.4 Å². The zero-order chi connectivity index (χ0) is 29.4. The smallest absolute Gasteiger partial charge is 0.216 e. The fourth-order valence-corrected chi connectivity index (χ4v) is 5.47. The highest BCUT2D eigenvalue weighted by atomic mass is 16.3. The van der Waals surface area contributed by atoms with E-state index in [1.165, 1.54) is 0 Å². The van der Waals surface area contributed by atoms with Crippen LogP contribution in [0.25, 0.3) is 49.2 Å². The molecule has 2 heterocycles. The molecule has 0 unspecified atom stereocenters. The lowest BCUT2D eigenvalue weighted by Gasteiger charge is -2.14. The van der Waals surface area contributed by atoms with Crippen LogP contribution in [0.3, 0.4) is 0 Å². The predicted molar refractivity (Wildman–Crippen MR) is 143 cm³/mol. The minimum absolute atomic E-state index is 0.0482. The van der Waals surface area contributed by atoms with Gasteiger partial charge in [0.1, 0.15) is 18.2 Å². The fourth-order valence-electron chi connectivity index (χ4n) is 5.47. The molecule has 3 aromatic carbocycles. The second-order valence-corrected chi connectivity index (χ2v) is 9.27. The molecule has 1 aliphatic carbocycles. The van der Waals surface area contributed by atoms with Crippen LogP contribution in [-0.4, -0.2) is 0 Å². The molecule has 1 aliphatic rings. The molecule has 0 amide bonds. The molecule has 3 nitrogen and oxygen atoms in total. The molecule has 172 valence electrons. The highest BCUT2D eigenvalue weighted by molar-refractivity contribution is 6.15. The molecule has 0 radical (unpaired) electrons. The lowest BCUT2D eigenvalue weighted by Crippen LogP contribution is -2.36. The van der Waals surface area contributed by atoms with Crippen molar-refractivity contribution in [2.45, 2.75) is 45.4 Å². The van der Waals surface area contributed by atoms with Crippen molar-refractivity contribution in [3.63, 3.8) is 0 Å². The monoisotopic (exact) mass is 463 g/mol. The molecule has 1 fully saturated rings. The normalized spacial score (nSPS) is 17.4. The van der Waals surface area contributed by atoms with Crippen molar-refractivity contribution in [2.24, 2.45) is 7.05 Å². The van der Waals surface area contributed by atoms with Crippen molar-refractivity contribution >= 4 is 27.6 Å². The van der Waals surface area contributed by atoms with Gasteiger partial charge in [-0.15, -0.1) is 0 Å². The largest absolute Gasteiger partial charge is 0.456 e. The third-order valence-corrected chi connectivity index (χ3v) is 7.37. The van der Waals surface area contributed by atoms with E-state index in [1.807, 2.05) is 32.2 Å². The van der Waals surface area contributed by atoms with Crippen LogP contribution in [0.4, 0.5) is 5.69 Å². The zero-order valence-electron chi connectivity index (χ0n) is 26.1. The maximum absolute atomic E-state index is 9.08. The topological polar surface area (TPSA) is 21.4 Å². The number of nitrogens with zero attached hydrogens (tertiary/aromatic N) is 2. The summed E-state index contributed by atoms with van der Waals surface area (Å²) in [6.07, 6.45) is 3.84. The van der Waals surface area contributed by atoms with Gasteiger partial charge in [0.25, 0.3) is 0 Å². The minimum atomic E-state index is -0.574. The first-order valence-corrected chi connectivity index (χ1v) is 11.9. The standard InChI is InChI=1S/C32H29N2O/c1-20-14-15-25-26-16-18-27(33-3)30(23-12-6-5-7-13-23)32(26)35-31(25)29(20)28-19-17-24(21(2)34(28)4)22-10-8-9-11-22/h5-7,12-19,22H,8-11H2,1-2,4H3/q+1/i5D,6D,7D,12D,13D,22D. The number of pyridine rings is 1. The van der Waals surface area contributed by atoms with Crippen molar-refractivity contribution in [1.29, 1.82) is 0 Å². The molecule has 0 N–H and O–H groups in total. The van der Waals surface area contributed by atoms with Crippen LogP contribution in [0.15, 0.2) is 71.0 Å². The van der Waals surface area contributed by atoms with Crippen LogP contribution in [0.1, 0.15) is 56.6 Å². The van der Waals surface area contributed by atoms with Gasteiger partial charge >= 0.3 is 0 Å². The Labute approximate surface area is 214 Å². The molecule has 5 aromatic rings. The maximum atomic E-state index is 9.08. The molecule has 6 rings (SSSR count). The van der Waals surface area contributed by atoms with Crippen LogP contribution in [0, 0.1) is 20.4 Å². The van der Waals surface area contributed by atoms with Crippen LogP contribution in [0.2, 0.25) is 0 Å². The van der Waals surface area contributed by atoms with E-state index < -0.39 is 24.0 Å². The number of hydrogen-bond donors (Lipinski definition) is 0. The van der Waals surface area contributed by atoms with Crippen molar-refractivity contribution < 1.29 is 17.2 Å². The lowest BCUT2D eigenvalue weighted by molar-refractivity contribution is -0.667. The van der Waals surface area contributed by atoms with Gasteiger partial charge in [-0.3, -0.25) is 0 Å².